The van der Waals surface area contributed by atoms with Gasteiger partial charge in [-0.2, -0.15) is 0 Å². The fraction of sp³-hybridized carbons (Fsp3) is 0.214. The predicted molar refractivity (Wildman–Crippen MR) is 68.2 cm³/mol. The zero-order valence-corrected chi connectivity index (χ0v) is 9.63. The van der Waals surface area contributed by atoms with Crippen LogP contribution in [0.4, 0.5) is 5.69 Å². The number of aliphatic carboxylic acids is 1. The number of carboxylic acids is 1. The number of rotatable bonds is 0. The van der Waals surface area contributed by atoms with Gasteiger partial charge >= 0.3 is 0 Å². The fourth-order valence-corrected chi connectivity index (χ4v) is 2.14. The maximum Gasteiger partial charge on any atom is 0.300 e. The van der Waals surface area contributed by atoms with Crippen LogP contribution >= 0.6 is 0 Å². The summed E-state index contributed by atoms with van der Waals surface area (Å²) in [4.78, 5) is 9.00. The molecule has 17 heavy (non-hydrogen) atoms. The molecule has 2 atom stereocenters. The van der Waals surface area contributed by atoms with E-state index in [9.17, 15) is 0 Å². The van der Waals surface area contributed by atoms with Crippen LogP contribution in [-0.2, 0) is 4.79 Å². The van der Waals surface area contributed by atoms with Gasteiger partial charge in [0.05, 0.1) is 6.04 Å². The number of benzene rings is 1. The van der Waals surface area contributed by atoms with Gasteiger partial charge in [-0.3, -0.25) is 4.79 Å². The van der Waals surface area contributed by atoms with Gasteiger partial charge in [0, 0.05) is 18.5 Å². The highest BCUT2D eigenvalue weighted by atomic mass is 16.4. The Labute approximate surface area is 100 Å². The van der Waals surface area contributed by atoms with Gasteiger partial charge < -0.3 is 10.4 Å². The van der Waals surface area contributed by atoms with Crippen LogP contribution in [0.3, 0.4) is 0 Å². The Bertz CT molecular complexity index is 473. The minimum Gasteiger partial charge on any atom is -0.481 e. The zero-order valence-electron chi connectivity index (χ0n) is 9.63. The third-order valence-electron chi connectivity index (χ3n) is 2.78. The second-order valence-corrected chi connectivity index (χ2v) is 4.07. The van der Waals surface area contributed by atoms with Crippen LogP contribution in [0, 0.1) is 0 Å². The van der Waals surface area contributed by atoms with Crippen LogP contribution in [0.25, 0.3) is 0 Å². The van der Waals surface area contributed by atoms with E-state index in [1.807, 2.05) is 0 Å². The second-order valence-electron chi connectivity index (χ2n) is 4.07. The molecule has 3 rings (SSSR count). The van der Waals surface area contributed by atoms with Crippen molar-refractivity contribution in [3.63, 3.8) is 0 Å². The van der Waals surface area contributed by atoms with Gasteiger partial charge in [0.25, 0.3) is 5.97 Å². The van der Waals surface area contributed by atoms with E-state index < -0.39 is 5.97 Å². The van der Waals surface area contributed by atoms with Gasteiger partial charge in [-0.25, -0.2) is 0 Å². The zero-order chi connectivity index (χ0) is 12.3. The largest absolute Gasteiger partial charge is 0.481 e. The lowest BCUT2D eigenvalue weighted by Gasteiger charge is -2.15. The SMILES string of the molecule is C1=CC2Nc3ccccc3C2C=C1.CC(=O)O. The summed E-state index contributed by atoms with van der Waals surface area (Å²) in [5.74, 6) is -0.291. The first-order valence-corrected chi connectivity index (χ1v) is 5.58. The molecule has 0 fully saturated rings. The van der Waals surface area contributed by atoms with E-state index in [4.69, 9.17) is 9.90 Å². The minimum absolute atomic E-state index is 0.474. The number of carbonyl (C=O) groups is 1. The molecule has 0 amide bonds. The Hall–Kier alpha value is -2.03. The van der Waals surface area contributed by atoms with Crippen LogP contribution in [-0.4, -0.2) is 17.1 Å². The summed E-state index contributed by atoms with van der Waals surface area (Å²) in [6, 6.07) is 9.01. The first kappa shape index (κ1) is 11.5. The van der Waals surface area contributed by atoms with Crippen LogP contribution < -0.4 is 5.32 Å². The van der Waals surface area contributed by atoms with Gasteiger partial charge in [-0.15, -0.1) is 0 Å². The molecule has 0 bridgehead atoms. The number of hydrogen-bond acceptors (Lipinski definition) is 2. The van der Waals surface area contributed by atoms with E-state index in [0.29, 0.717) is 12.0 Å². The molecule has 0 saturated heterocycles. The molecule has 1 heterocycles. The van der Waals surface area contributed by atoms with Crippen molar-refractivity contribution in [2.24, 2.45) is 0 Å². The quantitative estimate of drug-likeness (QED) is 0.719. The minimum atomic E-state index is -0.833. The maximum atomic E-state index is 9.00. The molecular formula is C14H15NO2. The normalized spacial score (nSPS) is 22.9. The van der Waals surface area contributed by atoms with Gasteiger partial charge in [-0.05, 0) is 11.6 Å². The van der Waals surface area contributed by atoms with Gasteiger partial charge in [0.2, 0.25) is 0 Å². The lowest BCUT2D eigenvalue weighted by Crippen LogP contribution is -2.17. The summed E-state index contributed by atoms with van der Waals surface area (Å²) in [6.07, 6.45) is 8.74. The lowest BCUT2D eigenvalue weighted by atomic mass is 9.92. The number of fused-ring (bicyclic) bond motifs is 3. The van der Waals surface area contributed by atoms with Crippen molar-refractivity contribution in [3.8, 4) is 0 Å². The third kappa shape index (κ3) is 2.56. The number of nitrogens with one attached hydrogen (secondary N) is 1. The van der Waals surface area contributed by atoms with E-state index in [1.165, 1.54) is 11.3 Å². The topological polar surface area (TPSA) is 49.3 Å². The smallest absolute Gasteiger partial charge is 0.300 e. The summed E-state index contributed by atoms with van der Waals surface area (Å²) >= 11 is 0. The number of anilines is 1. The lowest BCUT2D eigenvalue weighted by molar-refractivity contribution is -0.134. The molecule has 3 nitrogen and oxygen atoms in total. The maximum absolute atomic E-state index is 9.00. The van der Waals surface area contributed by atoms with Crippen molar-refractivity contribution < 1.29 is 9.90 Å². The Morgan fingerprint density at radius 3 is 2.65 bits per heavy atom. The molecule has 0 saturated carbocycles. The van der Waals surface area contributed by atoms with Crippen LogP contribution in [0.1, 0.15) is 18.4 Å². The molecule has 1 aliphatic carbocycles. The molecule has 0 radical (unpaired) electrons. The number of hydrogen-bond donors (Lipinski definition) is 2. The molecule has 1 aliphatic heterocycles. The number of para-hydroxylation sites is 1. The average molecular weight is 229 g/mol. The molecule has 1 aromatic rings. The Morgan fingerprint density at radius 1 is 1.24 bits per heavy atom. The highest BCUT2D eigenvalue weighted by Crippen LogP contribution is 2.38. The van der Waals surface area contributed by atoms with Gasteiger partial charge in [0.1, 0.15) is 0 Å². The van der Waals surface area contributed by atoms with Crippen LogP contribution in [0.5, 0.6) is 0 Å². The monoisotopic (exact) mass is 229 g/mol. The molecule has 3 heteroatoms. The molecule has 88 valence electrons. The second kappa shape index (κ2) is 4.87. The number of carboxylic acid groups (broad SMARTS) is 1. The fourth-order valence-electron chi connectivity index (χ4n) is 2.14. The molecule has 2 N–H and O–H groups in total. The summed E-state index contributed by atoms with van der Waals surface area (Å²) in [6.45, 7) is 1.08. The first-order chi connectivity index (χ1) is 8.18. The molecule has 1 aromatic carbocycles. The van der Waals surface area contributed by atoms with E-state index >= 15 is 0 Å². The van der Waals surface area contributed by atoms with E-state index in [0.717, 1.165) is 6.92 Å². The first-order valence-electron chi connectivity index (χ1n) is 5.58. The van der Waals surface area contributed by atoms with Gasteiger partial charge in [-0.1, -0.05) is 42.5 Å². The van der Waals surface area contributed by atoms with Gasteiger partial charge in [0.15, 0.2) is 0 Å². The Morgan fingerprint density at radius 2 is 1.88 bits per heavy atom. The highest BCUT2D eigenvalue weighted by Gasteiger charge is 2.28. The number of allylic oxidation sites excluding steroid dienone is 2. The van der Waals surface area contributed by atoms with Crippen molar-refractivity contribution in [3.05, 3.63) is 54.1 Å². The Kier molecular flexibility index (Phi) is 3.28. The summed E-state index contributed by atoms with van der Waals surface area (Å²) in [5, 5.41) is 10.9. The average Bonchev–Trinajstić information content (AvgIpc) is 2.66. The van der Waals surface area contributed by atoms with Crippen LogP contribution in [0.2, 0.25) is 0 Å². The van der Waals surface area contributed by atoms with E-state index in [-0.39, 0.29) is 0 Å². The summed E-state index contributed by atoms with van der Waals surface area (Å²) in [7, 11) is 0. The standard InChI is InChI=1S/C12H11N.C2H4O2/c1-3-7-11-9(5-1)10-6-2-4-8-12(10)13-11;1-2(3)4/h1-9,11,13H;1H3,(H,3,4). The van der Waals surface area contributed by atoms with E-state index in [1.54, 1.807) is 0 Å². The van der Waals surface area contributed by atoms with E-state index in [2.05, 4.69) is 53.9 Å². The van der Waals surface area contributed by atoms with Crippen molar-refractivity contribution in [2.45, 2.75) is 18.9 Å². The summed E-state index contributed by atoms with van der Waals surface area (Å²) < 4.78 is 0. The molecule has 0 spiro atoms. The molecule has 2 unspecified atom stereocenters. The summed E-state index contributed by atoms with van der Waals surface area (Å²) in [5.41, 5.74) is 2.71. The molecule has 0 aromatic heterocycles. The van der Waals surface area contributed by atoms with Crippen molar-refractivity contribution in [2.75, 3.05) is 5.32 Å². The van der Waals surface area contributed by atoms with Crippen molar-refractivity contribution in [1.29, 1.82) is 0 Å². The highest BCUT2D eigenvalue weighted by molar-refractivity contribution is 5.63. The Balaban J connectivity index is 0.000000239. The third-order valence-corrected chi connectivity index (χ3v) is 2.78. The van der Waals surface area contributed by atoms with Crippen LogP contribution in [0.15, 0.2) is 48.6 Å². The van der Waals surface area contributed by atoms with Crippen molar-refractivity contribution >= 4 is 11.7 Å². The predicted octanol–water partition coefficient (Wildman–Crippen LogP) is 2.78. The van der Waals surface area contributed by atoms with Crippen molar-refractivity contribution in [1.82, 2.24) is 0 Å². The molecule has 2 aliphatic rings. The molecular weight excluding hydrogens is 214 g/mol.